The largest absolute Gasteiger partial charge is 0.468 e. The van der Waals surface area contributed by atoms with Crippen LogP contribution < -0.4 is 5.32 Å². The molecule has 86 valence electrons. The van der Waals surface area contributed by atoms with Gasteiger partial charge in [-0.1, -0.05) is 0 Å². The van der Waals surface area contributed by atoms with Gasteiger partial charge in [0, 0.05) is 12.6 Å². The molecule has 0 spiro atoms. The Morgan fingerprint density at radius 2 is 2.20 bits per heavy atom. The number of hydrogen-bond donors (Lipinski definition) is 1. The van der Waals surface area contributed by atoms with Crippen molar-refractivity contribution in [1.82, 2.24) is 5.32 Å². The highest BCUT2D eigenvalue weighted by atomic mass is 16.5. The SMILES string of the molecule is COC(=O)C(C)NC1CCOC1C1CC1. The topological polar surface area (TPSA) is 47.6 Å². The summed E-state index contributed by atoms with van der Waals surface area (Å²) in [5, 5.41) is 3.30. The Morgan fingerprint density at radius 1 is 1.47 bits per heavy atom. The van der Waals surface area contributed by atoms with Crippen LogP contribution in [0.2, 0.25) is 0 Å². The molecule has 1 saturated carbocycles. The molecule has 1 saturated heterocycles. The summed E-state index contributed by atoms with van der Waals surface area (Å²) in [5.41, 5.74) is 0. The van der Waals surface area contributed by atoms with E-state index in [0.29, 0.717) is 12.1 Å². The minimum atomic E-state index is -0.233. The van der Waals surface area contributed by atoms with Crippen molar-refractivity contribution in [1.29, 1.82) is 0 Å². The monoisotopic (exact) mass is 213 g/mol. The van der Waals surface area contributed by atoms with Crippen LogP contribution in [0, 0.1) is 5.92 Å². The second-order valence-corrected chi connectivity index (χ2v) is 4.48. The molecule has 0 amide bonds. The predicted molar refractivity (Wildman–Crippen MR) is 55.5 cm³/mol. The summed E-state index contributed by atoms with van der Waals surface area (Å²) in [4.78, 5) is 11.3. The van der Waals surface area contributed by atoms with Gasteiger partial charge in [-0.05, 0) is 32.1 Å². The minimum Gasteiger partial charge on any atom is -0.468 e. The first kappa shape index (κ1) is 10.9. The van der Waals surface area contributed by atoms with Crippen LogP contribution in [-0.2, 0) is 14.3 Å². The predicted octanol–water partition coefficient (Wildman–Crippen LogP) is 0.705. The summed E-state index contributed by atoms with van der Waals surface area (Å²) < 4.78 is 10.4. The first-order valence-electron chi connectivity index (χ1n) is 5.68. The van der Waals surface area contributed by atoms with Crippen molar-refractivity contribution in [3.05, 3.63) is 0 Å². The van der Waals surface area contributed by atoms with E-state index in [4.69, 9.17) is 9.47 Å². The molecule has 0 bridgehead atoms. The Hall–Kier alpha value is -0.610. The molecular formula is C11H19NO3. The maximum absolute atomic E-state index is 11.3. The number of rotatable bonds is 4. The Bertz CT molecular complexity index is 240. The molecule has 3 atom stereocenters. The Kier molecular flexibility index (Phi) is 3.26. The summed E-state index contributed by atoms with van der Waals surface area (Å²) in [6, 6.07) is 0.0922. The normalized spacial score (nSPS) is 32.7. The Morgan fingerprint density at radius 3 is 2.80 bits per heavy atom. The van der Waals surface area contributed by atoms with E-state index in [0.717, 1.165) is 18.9 Å². The van der Waals surface area contributed by atoms with Crippen LogP contribution in [0.4, 0.5) is 0 Å². The summed E-state index contributed by atoms with van der Waals surface area (Å²) in [5.74, 6) is 0.520. The molecule has 0 radical (unpaired) electrons. The third-order valence-electron chi connectivity index (χ3n) is 3.24. The van der Waals surface area contributed by atoms with Crippen molar-refractivity contribution in [2.75, 3.05) is 13.7 Å². The van der Waals surface area contributed by atoms with Gasteiger partial charge in [0.05, 0.1) is 13.2 Å². The average Bonchev–Trinajstić information content (AvgIpc) is 2.99. The first-order chi connectivity index (χ1) is 7.22. The molecule has 0 aromatic carbocycles. The minimum absolute atomic E-state index is 0.198. The van der Waals surface area contributed by atoms with Gasteiger partial charge < -0.3 is 9.47 Å². The van der Waals surface area contributed by atoms with E-state index in [9.17, 15) is 4.79 Å². The van der Waals surface area contributed by atoms with E-state index in [1.807, 2.05) is 6.92 Å². The summed E-state index contributed by atoms with van der Waals surface area (Å²) in [7, 11) is 1.42. The van der Waals surface area contributed by atoms with Crippen molar-refractivity contribution >= 4 is 5.97 Å². The van der Waals surface area contributed by atoms with E-state index >= 15 is 0 Å². The molecule has 2 fully saturated rings. The van der Waals surface area contributed by atoms with Gasteiger partial charge in [0.15, 0.2) is 0 Å². The second kappa shape index (κ2) is 4.49. The van der Waals surface area contributed by atoms with Gasteiger partial charge in [-0.15, -0.1) is 0 Å². The third-order valence-corrected chi connectivity index (χ3v) is 3.24. The molecule has 0 aromatic heterocycles. The number of methoxy groups -OCH3 is 1. The molecule has 1 aliphatic heterocycles. The summed E-state index contributed by atoms with van der Waals surface area (Å²) >= 11 is 0. The standard InChI is InChI=1S/C11H19NO3/c1-7(11(13)14-2)12-9-5-6-15-10(9)8-3-4-8/h7-10,12H,3-6H2,1-2H3. The van der Waals surface area contributed by atoms with E-state index in [1.54, 1.807) is 0 Å². The number of esters is 1. The molecule has 2 rings (SSSR count). The van der Waals surface area contributed by atoms with Crippen LogP contribution in [0.1, 0.15) is 26.2 Å². The van der Waals surface area contributed by atoms with Crippen LogP contribution in [0.25, 0.3) is 0 Å². The molecule has 3 unspecified atom stereocenters. The van der Waals surface area contributed by atoms with E-state index in [1.165, 1.54) is 20.0 Å². The maximum atomic E-state index is 11.3. The highest BCUT2D eigenvalue weighted by Crippen LogP contribution is 2.38. The number of ether oxygens (including phenoxy) is 2. The van der Waals surface area contributed by atoms with Crippen molar-refractivity contribution in [3.63, 3.8) is 0 Å². The zero-order valence-corrected chi connectivity index (χ0v) is 9.36. The van der Waals surface area contributed by atoms with E-state index in [2.05, 4.69) is 5.32 Å². The summed E-state index contributed by atoms with van der Waals surface area (Å²) in [6.45, 7) is 2.65. The Labute approximate surface area is 90.3 Å². The molecule has 1 aliphatic carbocycles. The highest BCUT2D eigenvalue weighted by molar-refractivity contribution is 5.75. The van der Waals surface area contributed by atoms with Gasteiger partial charge in [0.25, 0.3) is 0 Å². The lowest BCUT2D eigenvalue weighted by Crippen LogP contribution is -2.46. The van der Waals surface area contributed by atoms with Gasteiger partial charge in [0.1, 0.15) is 6.04 Å². The fourth-order valence-corrected chi connectivity index (χ4v) is 2.24. The molecule has 2 aliphatic rings. The molecule has 4 nitrogen and oxygen atoms in total. The number of nitrogens with one attached hydrogen (secondary N) is 1. The summed E-state index contributed by atoms with van der Waals surface area (Å²) in [6.07, 6.45) is 3.87. The quantitative estimate of drug-likeness (QED) is 0.698. The van der Waals surface area contributed by atoms with Gasteiger partial charge in [-0.25, -0.2) is 0 Å². The zero-order chi connectivity index (χ0) is 10.8. The van der Waals surface area contributed by atoms with Crippen molar-refractivity contribution in [2.45, 2.75) is 44.4 Å². The van der Waals surface area contributed by atoms with Crippen molar-refractivity contribution in [2.24, 2.45) is 5.92 Å². The van der Waals surface area contributed by atoms with Crippen LogP contribution in [-0.4, -0.2) is 37.9 Å². The first-order valence-corrected chi connectivity index (χ1v) is 5.68. The number of carbonyl (C=O) groups is 1. The number of carbonyl (C=O) groups excluding carboxylic acids is 1. The third kappa shape index (κ3) is 2.49. The fraction of sp³-hybridized carbons (Fsp3) is 0.909. The lowest BCUT2D eigenvalue weighted by molar-refractivity contribution is -0.143. The number of hydrogen-bond acceptors (Lipinski definition) is 4. The lowest BCUT2D eigenvalue weighted by atomic mass is 10.1. The molecule has 1 N–H and O–H groups in total. The Balaban J connectivity index is 1.84. The van der Waals surface area contributed by atoms with Gasteiger partial charge >= 0.3 is 5.97 Å². The molecular weight excluding hydrogens is 194 g/mol. The van der Waals surface area contributed by atoms with Crippen molar-refractivity contribution in [3.8, 4) is 0 Å². The van der Waals surface area contributed by atoms with E-state index < -0.39 is 0 Å². The fourth-order valence-electron chi connectivity index (χ4n) is 2.24. The second-order valence-electron chi connectivity index (χ2n) is 4.48. The van der Waals surface area contributed by atoms with Gasteiger partial charge in [0.2, 0.25) is 0 Å². The molecule has 0 aromatic rings. The molecule has 1 heterocycles. The highest BCUT2D eigenvalue weighted by Gasteiger charge is 2.41. The van der Waals surface area contributed by atoms with Crippen molar-refractivity contribution < 1.29 is 14.3 Å². The van der Waals surface area contributed by atoms with Crippen LogP contribution in [0.3, 0.4) is 0 Å². The van der Waals surface area contributed by atoms with Crippen LogP contribution in [0.15, 0.2) is 0 Å². The zero-order valence-electron chi connectivity index (χ0n) is 9.36. The van der Waals surface area contributed by atoms with Gasteiger partial charge in [-0.2, -0.15) is 0 Å². The molecule has 15 heavy (non-hydrogen) atoms. The maximum Gasteiger partial charge on any atom is 0.322 e. The average molecular weight is 213 g/mol. The lowest BCUT2D eigenvalue weighted by Gasteiger charge is -2.22. The van der Waals surface area contributed by atoms with E-state index in [-0.39, 0.29) is 12.0 Å². The molecule has 4 heteroatoms. The van der Waals surface area contributed by atoms with Gasteiger partial charge in [-0.3, -0.25) is 10.1 Å². The smallest absolute Gasteiger partial charge is 0.322 e. The van der Waals surface area contributed by atoms with Crippen LogP contribution in [0.5, 0.6) is 0 Å². The van der Waals surface area contributed by atoms with Crippen LogP contribution >= 0.6 is 0 Å².